The highest BCUT2D eigenvalue weighted by Crippen LogP contribution is 2.12. The Bertz CT molecular complexity index is 277. The predicted octanol–water partition coefficient (Wildman–Crippen LogP) is 3.25. The topological polar surface area (TPSA) is 38.7 Å². The van der Waals surface area contributed by atoms with E-state index in [1.54, 1.807) is 24.8 Å². The molecule has 0 saturated heterocycles. The summed E-state index contributed by atoms with van der Waals surface area (Å²) in [6.07, 6.45) is 3.51. The second-order valence-corrected chi connectivity index (χ2v) is 3.96. The van der Waals surface area contributed by atoms with Gasteiger partial charge < -0.3 is 4.74 Å². The summed E-state index contributed by atoms with van der Waals surface area (Å²) in [5.41, 5.74) is 0.301. The van der Waals surface area contributed by atoms with E-state index in [1.165, 1.54) is 7.11 Å². The van der Waals surface area contributed by atoms with Gasteiger partial charge in [0.1, 0.15) is 5.17 Å². The summed E-state index contributed by atoms with van der Waals surface area (Å²) in [6.45, 7) is 9.62. The van der Waals surface area contributed by atoms with Crippen LogP contribution in [0.1, 0.15) is 13.8 Å². The van der Waals surface area contributed by atoms with E-state index in [0.717, 1.165) is 0 Å². The van der Waals surface area contributed by atoms with Gasteiger partial charge in [-0.3, -0.25) is 4.99 Å². The zero-order chi connectivity index (χ0) is 13.1. The van der Waals surface area contributed by atoms with E-state index in [1.807, 2.05) is 13.2 Å². The maximum atomic E-state index is 11.2. The molecule has 3 nitrogen and oxygen atoms in total. The fourth-order valence-electron chi connectivity index (χ4n) is 0.713. The number of halogens is 1. The molecule has 1 unspecified atom stereocenters. The molecule has 0 aromatic rings. The summed E-state index contributed by atoms with van der Waals surface area (Å²) >= 11 is 7.41. The van der Waals surface area contributed by atoms with E-state index in [9.17, 15) is 4.79 Å². The Balaban J connectivity index is 0. The Morgan fingerprint density at radius 1 is 1.56 bits per heavy atom. The molecule has 0 N–H and O–H groups in total. The number of aliphatic imine (C=N–C) groups is 1. The molecule has 0 amide bonds. The number of thioether (sulfide) groups is 1. The smallest absolute Gasteiger partial charge is 0.340 e. The predicted molar refractivity (Wildman–Crippen MR) is 73.3 cm³/mol. The molecule has 0 aromatic heterocycles. The van der Waals surface area contributed by atoms with E-state index in [-0.39, 0.29) is 10.5 Å². The maximum Gasteiger partial charge on any atom is 0.340 e. The second kappa shape index (κ2) is 10.8. The zero-order valence-corrected chi connectivity index (χ0v) is 11.7. The van der Waals surface area contributed by atoms with Crippen LogP contribution in [0.2, 0.25) is 0 Å². The molecule has 16 heavy (non-hydrogen) atoms. The van der Waals surface area contributed by atoms with Crippen molar-refractivity contribution >= 4 is 34.5 Å². The number of carbonyl (C=O) groups is 1. The average Bonchev–Trinajstić information content (AvgIpc) is 2.31. The van der Waals surface area contributed by atoms with Gasteiger partial charge in [0, 0.05) is 0 Å². The summed E-state index contributed by atoms with van der Waals surface area (Å²) in [6, 6.07) is 0. The van der Waals surface area contributed by atoms with Crippen LogP contribution in [0.4, 0.5) is 0 Å². The van der Waals surface area contributed by atoms with Crippen molar-refractivity contribution in [3.05, 3.63) is 24.8 Å². The quantitative estimate of drug-likeness (QED) is 0.338. The van der Waals surface area contributed by atoms with Crippen molar-refractivity contribution in [2.45, 2.75) is 19.2 Å². The Morgan fingerprint density at radius 3 is 2.38 bits per heavy atom. The van der Waals surface area contributed by atoms with Gasteiger partial charge in [-0.25, -0.2) is 4.79 Å². The van der Waals surface area contributed by atoms with Gasteiger partial charge in [-0.2, -0.15) is 0 Å². The lowest BCUT2D eigenvalue weighted by Gasteiger charge is -2.05. The fraction of sp³-hybridized carbons (Fsp3) is 0.455. The Labute approximate surface area is 107 Å². The molecule has 0 saturated carbocycles. The van der Waals surface area contributed by atoms with Gasteiger partial charge in [0.2, 0.25) is 0 Å². The summed E-state index contributed by atoms with van der Waals surface area (Å²) in [7, 11) is 1.31. The van der Waals surface area contributed by atoms with Gasteiger partial charge in [-0.1, -0.05) is 17.7 Å². The molecule has 92 valence electrons. The molecule has 5 heteroatoms. The third-order valence-corrected chi connectivity index (χ3v) is 2.64. The van der Waals surface area contributed by atoms with Gasteiger partial charge in [0.15, 0.2) is 0 Å². The number of ether oxygens (including phenoxy) is 1. The highest BCUT2D eigenvalue weighted by molar-refractivity contribution is 7.99. The first kappa shape index (κ1) is 17.6. The highest BCUT2D eigenvalue weighted by Gasteiger charge is 2.14. The number of rotatable bonds is 4. The van der Waals surface area contributed by atoms with Crippen LogP contribution in [0.15, 0.2) is 29.8 Å². The van der Waals surface area contributed by atoms with Crippen molar-refractivity contribution in [1.82, 2.24) is 0 Å². The molecular formula is C11H18ClNO2S. The summed E-state index contributed by atoms with van der Waals surface area (Å²) < 4.78 is 4.56. The minimum Gasteiger partial charge on any atom is -0.465 e. The molecule has 0 rings (SSSR count). The normalized spacial score (nSPS) is 13.6. The van der Waals surface area contributed by atoms with E-state index >= 15 is 0 Å². The van der Waals surface area contributed by atoms with Crippen LogP contribution in [0, 0.1) is 0 Å². The largest absolute Gasteiger partial charge is 0.465 e. The molecule has 1 atom stereocenters. The zero-order valence-electron chi connectivity index (χ0n) is 10.1. The highest BCUT2D eigenvalue weighted by atomic mass is 35.5. The summed E-state index contributed by atoms with van der Waals surface area (Å²) in [5.74, 6) is -0.463. The van der Waals surface area contributed by atoms with Crippen LogP contribution in [-0.4, -0.2) is 29.9 Å². The first-order chi connectivity index (χ1) is 7.56. The monoisotopic (exact) mass is 263 g/mol. The van der Waals surface area contributed by atoms with Crippen LogP contribution in [0.25, 0.3) is 0 Å². The minimum absolute atomic E-state index is 0.0297. The maximum absolute atomic E-state index is 11.2. The van der Waals surface area contributed by atoms with E-state index in [0.29, 0.717) is 5.57 Å². The molecule has 0 spiro atoms. The van der Waals surface area contributed by atoms with Crippen molar-refractivity contribution in [3.8, 4) is 0 Å². The lowest BCUT2D eigenvalue weighted by Crippen LogP contribution is -2.11. The summed E-state index contributed by atoms with van der Waals surface area (Å²) in [5, 5.41) is 0.225. The van der Waals surface area contributed by atoms with Crippen molar-refractivity contribution < 1.29 is 9.53 Å². The molecule has 0 aliphatic carbocycles. The molecular weight excluding hydrogens is 246 g/mol. The fourth-order valence-corrected chi connectivity index (χ4v) is 1.31. The molecule has 0 aliphatic rings. The standard InChI is InChI=1S/C9H14ClNO2S.C2H4/c1-5-7(9(12)13-3)8(10)11-6(2)14-4;1-2/h5-6H,1-4H3;1-2H2/b7-5+,11-8+;. The number of nitrogens with zero attached hydrogens (tertiary/aromatic N) is 1. The van der Waals surface area contributed by atoms with Crippen molar-refractivity contribution in [2.24, 2.45) is 4.99 Å². The number of methoxy groups -OCH3 is 1. The number of hydrogen-bond acceptors (Lipinski definition) is 4. The Kier molecular flexibility index (Phi) is 11.9. The van der Waals surface area contributed by atoms with Crippen LogP contribution in [-0.2, 0) is 9.53 Å². The van der Waals surface area contributed by atoms with Crippen LogP contribution in [0.3, 0.4) is 0 Å². The van der Waals surface area contributed by atoms with Gasteiger partial charge >= 0.3 is 5.97 Å². The Morgan fingerprint density at radius 2 is 2.06 bits per heavy atom. The Hall–Kier alpha value is -0.740. The number of allylic oxidation sites excluding steroid dienone is 1. The van der Waals surface area contributed by atoms with Gasteiger partial charge in [0.25, 0.3) is 0 Å². The van der Waals surface area contributed by atoms with E-state index in [2.05, 4.69) is 22.9 Å². The molecule has 0 bridgehead atoms. The van der Waals surface area contributed by atoms with Crippen molar-refractivity contribution in [3.63, 3.8) is 0 Å². The van der Waals surface area contributed by atoms with Crippen LogP contribution < -0.4 is 0 Å². The molecule has 0 aromatic carbocycles. The molecule has 0 heterocycles. The first-order valence-electron chi connectivity index (χ1n) is 4.57. The third kappa shape index (κ3) is 6.69. The summed E-state index contributed by atoms with van der Waals surface area (Å²) in [4.78, 5) is 15.3. The first-order valence-corrected chi connectivity index (χ1v) is 6.24. The lowest BCUT2D eigenvalue weighted by molar-refractivity contribution is -0.135. The van der Waals surface area contributed by atoms with Crippen LogP contribution in [0.5, 0.6) is 0 Å². The van der Waals surface area contributed by atoms with E-state index in [4.69, 9.17) is 11.6 Å². The SMILES string of the molecule is C/C=C(C(=O)OC)\C(Cl)=N/C(C)SC.C=C. The molecule has 0 radical (unpaired) electrons. The molecule has 0 aliphatic heterocycles. The van der Waals surface area contributed by atoms with Gasteiger partial charge in [0.05, 0.1) is 18.1 Å². The van der Waals surface area contributed by atoms with Gasteiger partial charge in [-0.15, -0.1) is 24.9 Å². The second-order valence-electron chi connectivity index (χ2n) is 2.45. The molecule has 0 fully saturated rings. The lowest BCUT2D eigenvalue weighted by atomic mass is 10.3. The number of hydrogen-bond donors (Lipinski definition) is 0. The van der Waals surface area contributed by atoms with Crippen LogP contribution >= 0.6 is 23.4 Å². The average molecular weight is 264 g/mol. The number of esters is 1. The number of carbonyl (C=O) groups excluding carboxylic acids is 1. The van der Waals surface area contributed by atoms with Crippen molar-refractivity contribution in [1.29, 1.82) is 0 Å². The van der Waals surface area contributed by atoms with Crippen molar-refractivity contribution in [2.75, 3.05) is 13.4 Å². The third-order valence-electron chi connectivity index (χ3n) is 1.55. The van der Waals surface area contributed by atoms with Gasteiger partial charge in [-0.05, 0) is 20.1 Å². The van der Waals surface area contributed by atoms with E-state index < -0.39 is 5.97 Å². The minimum atomic E-state index is -0.463.